The maximum atomic E-state index is 11.4. The van der Waals surface area contributed by atoms with Crippen LogP contribution in [0, 0.1) is 18.8 Å². The van der Waals surface area contributed by atoms with Gasteiger partial charge in [0.15, 0.2) is 0 Å². The zero-order valence-corrected chi connectivity index (χ0v) is 11.9. The number of aromatic nitrogens is 2. The lowest BCUT2D eigenvalue weighted by Crippen LogP contribution is -2.26. The Hall–Kier alpha value is -1.32. The van der Waals surface area contributed by atoms with E-state index in [0.29, 0.717) is 5.92 Å². The van der Waals surface area contributed by atoms with Crippen molar-refractivity contribution in [2.75, 3.05) is 13.1 Å². The molecule has 0 N–H and O–H groups in total. The Kier molecular flexibility index (Phi) is 3.33. The highest BCUT2D eigenvalue weighted by Crippen LogP contribution is 2.32. The van der Waals surface area contributed by atoms with Crippen LogP contribution in [0.2, 0.25) is 0 Å². The van der Waals surface area contributed by atoms with Gasteiger partial charge in [-0.3, -0.25) is 4.79 Å². The number of carbonyl (C=O) groups excluding carboxylic acids is 1. The van der Waals surface area contributed by atoms with E-state index >= 15 is 0 Å². The van der Waals surface area contributed by atoms with Crippen molar-refractivity contribution in [1.82, 2.24) is 14.5 Å². The zero-order valence-electron chi connectivity index (χ0n) is 11.9. The van der Waals surface area contributed by atoms with Gasteiger partial charge in [0.05, 0.1) is 0 Å². The summed E-state index contributed by atoms with van der Waals surface area (Å²) < 4.78 is 2.40. The number of likely N-dealkylation sites (tertiary alicyclic amines) is 1. The first-order valence-electron chi connectivity index (χ1n) is 7.40. The third-order valence-corrected chi connectivity index (χ3v) is 4.48. The Balaban J connectivity index is 1.65. The number of aryl methyl sites for hydroxylation is 1. The molecule has 19 heavy (non-hydrogen) atoms. The Bertz CT molecular complexity index is 476. The molecule has 1 amide bonds. The maximum Gasteiger partial charge on any atom is 0.219 e. The van der Waals surface area contributed by atoms with Gasteiger partial charge in [-0.25, -0.2) is 4.98 Å². The van der Waals surface area contributed by atoms with Gasteiger partial charge < -0.3 is 9.47 Å². The van der Waals surface area contributed by atoms with E-state index in [2.05, 4.69) is 16.5 Å². The predicted molar refractivity (Wildman–Crippen MR) is 73.8 cm³/mol. The number of nitrogens with zero attached hydrogens (tertiary/aromatic N) is 3. The van der Waals surface area contributed by atoms with Gasteiger partial charge in [-0.15, -0.1) is 0 Å². The van der Waals surface area contributed by atoms with Gasteiger partial charge in [-0.2, -0.15) is 0 Å². The monoisotopic (exact) mass is 261 g/mol. The lowest BCUT2D eigenvalue weighted by Gasteiger charge is -2.15. The van der Waals surface area contributed by atoms with Gasteiger partial charge in [0, 0.05) is 44.9 Å². The first-order chi connectivity index (χ1) is 9.13. The minimum absolute atomic E-state index is 0.208. The smallest absolute Gasteiger partial charge is 0.219 e. The van der Waals surface area contributed by atoms with E-state index in [-0.39, 0.29) is 5.91 Å². The second kappa shape index (κ2) is 4.99. The van der Waals surface area contributed by atoms with Crippen molar-refractivity contribution >= 4 is 5.91 Å². The molecule has 0 spiro atoms. The molecular formula is C15H23N3O. The number of imidazole rings is 1. The maximum absolute atomic E-state index is 11.4. The van der Waals surface area contributed by atoms with E-state index in [1.54, 1.807) is 6.92 Å². The van der Waals surface area contributed by atoms with E-state index in [0.717, 1.165) is 38.4 Å². The van der Waals surface area contributed by atoms with Gasteiger partial charge in [0.1, 0.15) is 5.82 Å². The molecule has 4 nitrogen and oxygen atoms in total. The second-order valence-corrected chi connectivity index (χ2v) is 6.19. The number of hydrogen-bond acceptors (Lipinski definition) is 2. The fraction of sp³-hybridized carbons (Fsp3) is 0.733. The predicted octanol–water partition coefficient (Wildman–Crippen LogP) is 2.01. The van der Waals surface area contributed by atoms with Crippen molar-refractivity contribution in [3.05, 3.63) is 17.7 Å². The fourth-order valence-corrected chi connectivity index (χ4v) is 3.03. The molecule has 1 saturated heterocycles. The van der Waals surface area contributed by atoms with Crippen molar-refractivity contribution in [2.24, 2.45) is 11.8 Å². The van der Waals surface area contributed by atoms with E-state index in [4.69, 9.17) is 0 Å². The summed E-state index contributed by atoms with van der Waals surface area (Å²) >= 11 is 0. The normalized spacial score (nSPS) is 23.1. The standard InChI is InChI=1S/C15H23N3O/c1-11-8-16-15(18(11)10-13-3-4-13)7-14-5-6-17(9-14)12(2)19/h8,13-14H,3-7,9-10H2,1-2H3. The summed E-state index contributed by atoms with van der Waals surface area (Å²) in [7, 11) is 0. The number of hydrogen-bond donors (Lipinski definition) is 0. The van der Waals surface area contributed by atoms with Crippen LogP contribution in [0.4, 0.5) is 0 Å². The molecule has 1 unspecified atom stereocenters. The molecule has 2 fully saturated rings. The molecule has 1 aromatic heterocycles. The molecule has 2 aliphatic rings. The molecular weight excluding hydrogens is 238 g/mol. The van der Waals surface area contributed by atoms with Gasteiger partial charge >= 0.3 is 0 Å². The molecule has 1 atom stereocenters. The topological polar surface area (TPSA) is 38.1 Å². The summed E-state index contributed by atoms with van der Waals surface area (Å²) in [6.45, 7) is 6.78. The van der Waals surface area contributed by atoms with Crippen LogP contribution in [-0.4, -0.2) is 33.4 Å². The Labute approximate surface area is 114 Å². The van der Waals surface area contributed by atoms with Crippen LogP contribution in [0.15, 0.2) is 6.20 Å². The fourth-order valence-electron chi connectivity index (χ4n) is 3.03. The molecule has 1 aliphatic carbocycles. The van der Waals surface area contributed by atoms with Crippen molar-refractivity contribution in [2.45, 2.75) is 46.1 Å². The molecule has 0 aromatic carbocycles. The van der Waals surface area contributed by atoms with Gasteiger partial charge in [0.25, 0.3) is 0 Å². The molecule has 3 rings (SSSR count). The summed E-state index contributed by atoms with van der Waals surface area (Å²) in [6, 6.07) is 0. The van der Waals surface area contributed by atoms with Crippen LogP contribution in [0.25, 0.3) is 0 Å². The second-order valence-electron chi connectivity index (χ2n) is 6.19. The lowest BCUT2D eigenvalue weighted by atomic mass is 10.0. The Morgan fingerprint density at radius 1 is 1.37 bits per heavy atom. The van der Waals surface area contributed by atoms with Crippen LogP contribution in [0.5, 0.6) is 0 Å². The number of amides is 1. The highest BCUT2D eigenvalue weighted by molar-refractivity contribution is 5.73. The molecule has 1 aliphatic heterocycles. The molecule has 0 radical (unpaired) electrons. The summed E-state index contributed by atoms with van der Waals surface area (Å²) in [5.41, 5.74) is 1.28. The van der Waals surface area contributed by atoms with E-state index in [1.165, 1.54) is 24.4 Å². The average Bonchev–Trinajstić information content (AvgIpc) is 2.96. The highest BCUT2D eigenvalue weighted by atomic mass is 16.2. The molecule has 1 saturated carbocycles. The largest absolute Gasteiger partial charge is 0.343 e. The van der Waals surface area contributed by atoms with Crippen LogP contribution < -0.4 is 0 Å². The molecule has 4 heteroatoms. The van der Waals surface area contributed by atoms with Crippen molar-refractivity contribution in [1.29, 1.82) is 0 Å². The highest BCUT2D eigenvalue weighted by Gasteiger charge is 2.27. The molecule has 0 bridgehead atoms. The Morgan fingerprint density at radius 2 is 2.16 bits per heavy atom. The van der Waals surface area contributed by atoms with E-state index in [9.17, 15) is 4.79 Å². The van der Waals surface area contributed by atoms with E-state index < -0.39 is 0 Å². The summed E-state index contributed by atoms with van der Waals surface area (Å²) in [5.74, 6) is 2.90. The third-order valence-electron chi connectivity index (χ3n) is 4.48. The lowest BCUT2D eigenvalue weighted by molar-refractivity contribution is -0.127. The van der Waals surface area contributed by atoms with Crippen LogP contribution >= 0.6 is 0 Å². The van der Waals surface area contributed by atoms with E-state index in [1.807, 2.05) is 11.1 Å². The van der Waals surface area contributed by atoms with Crippen molar-refractivity contribution < 1.29 is 4.79 Å². The first-order valence-corrected chi connectivity index (χ1v) is 7.40. The quantitative estimate of drug-likeness (QED) is 0.831. The molecule has 104 valence electrons. The minimum atomic E-state index is 0.208. The minimum Gasteiger partial charge on any atom is -0.343 e. The van der Waals surface area contributed by atoms with Crippen molar-refractivity contribution in [3.8, 4) is 0 Å². The SMILES string of the molecule is CC(=O)N1CCC(Cc2ncc(C)n2CC2CC2)C1. The number of carbonyl (C=O) groups is 1. The molecule has 2 heterocycles. The van der Waals surface area contributed by atoms with Gasteiger partial charge in [0.2, 0.25) is 5.91 Å². The van der Waals surface area contributed by atoms with Crippen LogP contribution in [-0.2, 0) is 17.8 Å². The summed E-state index contributed by atoms with van der Waals surface area (Å²) in [6.07, 6.45) is 6.88. The van der Waals surface area contributed by atoms with Gasteiger partial charge in [-0.05, 0) is 38.0 Å². The van der Waals surface area contributed by atoms with Gasteiger partial charge in [-0.1, -0.05) is 0 Å². The Morgan fingerprint density at radius 3 is 2.79 bits per heavy atom. The average molecular weight is 261 g/mol. The first kappa shape index (κ1) is 12.7. The van der Waals surface area contributed by atoms with Crippen LogP contribution in [0.3, 0.4) is 0 Å². The third kappa shape index (κ3) is 2.82. The number of rotatable bonds is 4. The van der Waals surface area contributed by atoms with Crippen molar-refractivity contribution in [3.63, 3.8) is 0 Å². The summed E-state index contributed by atoms with van der Waals surface area (Å²) in [4.78, 5) is 17.9. The van der Waals surface area contributed by atoms with Crippen LogP contribution in [0.1, 0.15) is 37.7 Å². The summed E-state index contributed by atoms with van der Waals surface area (Å²) in [5, 5.41) is 0. The zero-order chi connectivity index (χ0) is 13.4. The molecule has 1 aromatic rings.